The Morgan fingerprint density at radius 3 is 2.56 bits per heavy atom. The predicted molar refractivity (Wildman–Crippen MR) is 67.5 cm³/mol. The van der Waals surface area contributed by atoms with Gasteiger partial charge in [0.05, 0.1) is 17.9 Å². The van der Waals surface area contributed by atoms with Crippen molar-refractivity contribution in [1.82, 2.24) is 0 Å². The molecule has 0 aliphatic carbocycles. The van der Waals surface area contributed by atoms with Crippen LogP contribution in [0.4, 0.5) is 11.4 Å². The minimum Gasteiger partial charge on any atom is -0.397 e. The standard InChI is InChI=1S/C11H16ClN3O/c1-7(2)15(6-11(14)16)10-4-3-8(12)5-9(10)13/h3-5,7H,6,13H2,1-2H3,(H2,14,16). The van der Waals surface area contributed by atoms with Gasteiger partial charge in [-0.1, -0.05) is 11.6 Å². The van der Waals surface area contributed by atoms with Gasteiger partial charge in [0.15, 0.2) is 0 Å². The number of nitrogens with zero attached hydrogens (tertiary/aromatic N) is 1. The quantitative estimate of drug-likeness (QED) is 0.787. The molecule has 1 amide bonds. The molecule has 5 heteroatoms. The van der Waals surface area contributed by atoms with Crippen molar-refractivity contribution in [2.75, 3.05) is 17.2 Å². The van der Waals surface area contributed by atoms with Crippen molar-refractivity contribution in [3.8, 4) is 0 Å². The van der Waals surface area contributed by atoms with Crippen LogP contribution in [0.3, 0.4) is 0 Å². The first-order valence-corrected chi connectivity index (χ1v) is 5.39. The van der Waals surface area contributed by atoms with E-state index in [0.717, 1.165) is 5.69 Å². The monoisotopic (exact) mass is 241 g/mol. The van der Waals surface area contributed by atoms with E-state index in [0.29, 0.717) is 10.7 Å². The Labute approximate surface area is 100 Å². The fourth-order valence-corrected chi connectivity index (χ4v) is 1.68. The van der Waals surface area contributed by atoms with Crippen LogP contribution in [0, 0.1) is 0 Å². The number of nitrogen functional groups attached to an aromatic ring is 1. The van der Waals surface area contributed by atoms with Gasteiger partial charge in [-0.2, -0.15) is 0 Å². The van der Waals surface area contributed by atoms with Crippen LogP contribution in [-0.2, 0) is 4.79 Å². The predicted octanol–water partition coefficient (Wildman–Crippen LogP) is 1.62. The first-order valence-electron chi connectivity index (χ1n) is 5.01. The molecule has 0 aromatic heterocycles. The molecule has 1 aromatic carbocycles. The molecule has 16 heavy (non-hydrogen) atoms. The van der Waals surface area contributed by atoms with Crippen LogP contribution in [0.5, 0.6) is 0 Å². The minimum atomic E-state index is -0.386. The molecule has 1 rings (SSSR count). The summed E-state index contributed by atoms with van der Waals surface area (Å²) >= 11 is 5.82. The largest absolute Gasteiger partial charge is 0.397 e. The van der Waals surface area contributed by atoms with Gasteiger partial charge in [0, 0.05) is 11.1 Å². The molecule has 1 aromatic rings. The van der Waals surface area contributed by atoms with Gasteiger partial charge in [-0.25, -0.2) is 0 Å². The van der Waals surface area contributed by atoms with Crippen LogP contribution in [0.2, 0.25) is 5.02 Å². The van der Waals surface area contributed by atoms with Crippen LogP contribution in [0.1, 0.15) is 13.8 Å². The number of hydrogen-bond acceptors (Lipinski definition) is 3. The van der Waals surface area contributed by atoms with E-state index >= 15 is 0 Å². The Morgan fingerprint density at radius 2 is 2.12 bits per heavy atom. The zero-order valence-electron chi connectivity index (χ0n) is 9.40. The van der Waals surface area contributed by atoms with Gasteiger partial charge in [-0.05, 0) is 32.0 Å². The Balaban J connectivity index is 3.05. The van der Waals surface area contributed by atoms with Gasteiger partial charge in [0.1, 0.15) is 0 Å². The highest BCUT2D eigenvalue weighted by molar-refractivity contribution is 6.31. The lowest BCUT2D eigenvalue weighted by atomic mass is 10.2. The molecular formula is C11H16ClN3O. The van der Waals surface area contributed by atoms with Crippen LogP contribution < -0.4 is 16.4 Å². The van der Waals surface area contributed by atoms with E-state index in [4.69, 9.17) is 23.1 Å². The second-order valence-electron chi connectivity index (χ2n) is 3.89. The molecule has 0 heterocycles. The summed E-state index contributed by atoms with van der Waals surface area (Å²) in [5.74, 6) is -0.386. The third-order valence-electron chi connectivity index (χ3n) is 2.25. The molecule has 0 saturated carbocycles. The smallest absolute Gasteiger partial charge is 0.236 e. The molecule has 0 unspecified atom stereocenters. The van der Waals surface area contributed by atoms with E-state index in [9.17, 15) is 4.79 Å². The van der Waals surface area contributed by atoms with Crippen molar-refractivity contribution < 1.29 is 4.79 Å². The summed E-state index contributed by atoms with van der Waals surface area (Å²) in [7, 11) is 0. The maximum atomic E-state index is 11.0. The number of hydrogen-bond donors (Lipinski definition) is 2. The van der Waals surface area contributed by atoms with Crippen LogP contribution >= 0.6 is 11.6 Å². The summed E-state index contributed by atoms with van der Waals surface area (Å²) in [5.41, 5.74) is 12.4. The van der Waals surface area contributed by atoms with Crippen LogP contribution in [0.15, 0.2) is 18.2 Å². The molecule has 0 aliphatic rings. The zero-order chi connectivity index (χ0) is 12.3. The number of nitrogens with two attached hydrogens (primary N) is 2. The molecule has 4 N–H and O–H groups in total. The van der Waals surface area contributed by atoms with Crippen molar-refractivity contribution >= 4 is 28.9 Å². The normalized spacial score (nSPS) is 10.5. The van der Waals surface area contributed by atoms with Crippen molar-refractivity contribution in [2.45, 2.75) is 19.9 Å². The lowest BCUT2D eigenvalue weighted by molar-refractivity contribution is -0.116. The average molecular weight is 242 g/mol. The first kappa shape index (κ1) is 12.6. The highest BCUT2D eigenvalue weighted by Crippen LogP contribution is 2.27. The first-order chi connectivity index (χ1) is 7.41. The van der Waals surface area contributed by atoms with E-state index in [2.05, 4.69) is 0 Å². The Bertz CT molecular complexity index is 393. The van der Waals surface area contributed by atoms with E-state index in [1.165, 1.54) is 0 Å². The van der Waals surface area contributed by atoms with Gasteiger partial charge in [-0.3, -0.25) is 4.79 Å². The summed E-state index contributed by atoms with van der Waals surface area (Å²) in [4.78, 5) is 12.8. The summed E-state index contributed by atoms with van der Waals surface area (Å²) in [6, 6.07) is 5.33. The summed E-state index contributed by atoms with van der Waals surface area (Å²) < 4.78 is 0. The number of halogens is 1. The number of carbonyl (C=O) groups is 1. The van der Waals surface area contributed by atoms with E-state index < -0.39 is 0 Å². The summed E-state index contributed by atoms with van der Waals surface area (Å²) in [5, 5.41) is 0.573. The molecule has 4 nitrogen and oxygen atoms in total. The molecule has 0 bridgehead atoms. The van der Waals surface area contributed by atoms with Gasteiger partial charge >= 0.3 is 0 Å². The fourth-order valence-electron chi connectivity index (χ4n) is 1.50. The van der Waals surface area contributed by atoms with Gasteiger partial charge < -0.3 is 16.4 Å². The molecule has 0 atom stereocenters. The number of amides is 1. The lowest BCUT2D eigenvalue weighted by Crippen LogP contribution is -2.38. The number of benzene rings is 1. The van der Waals surface area contributed by atoms with Crippen LogP contribution in [-0.4, -0.2) is 18.5 Å². The third-order valence-corrected chi connectivity index (χ3v) is 2.48. The minimum absolute atomic E-state index is 0.135. The molecule has 0 spiro atoms. The highest BCUT2D eigenvalue weighted by atomic mass is 35.5. The highest BCUT2D eigenvalue weighted by Gasteiger charge is 2.15. The topological polar surface area (TPSA) is 72.3 Å². The Hall–Kier alpha value is -1.42. The number of anilines is 2. The number of primary amides is 1. The summed E-state index contributed by atoms with van der Waals surface area (Å²) in [6.45, 7) is 4.08. The Kier molecular flexibility index (Phi) is 4.01. The van der Waals surface area contributed by atoms with Crippen molar-refractivity contribution in [3.63, 3.8) is 0 Å². The summed E-state index contributed by atoms with van der Waals surface area (Å²) in [6.07, 6.45) is 0. The van der Waals surface area contributed by atoms with Gasteiger partial charge in [-0.15, -0.1) is 0 Å². The third kappa shape index (κ3) is 3.03. The van der Waals surface area contributed by atoms with E-state index in [1.54, 1.807) is 18.2 Å². The molecule has 0 radical (unpaired) electrons. The van der Waals surface area contributed by atoms with Crippen molar-refractivity contribution in [1.29, 1.82) is 0 Å². The fraction of sp³-hybridized carbons (Fsp3) is 0.364. The molecule has 0 aliphatic heterocycles. The zero-order valence-corrected chi connectivity index (χ0v) is 10.2. The maximum Gasteiger partial charge on any atom is 0.236 e. The maximum absolute atomic E-state index is 11.0. The van der Waals surface area contributed by atoms with E-state index in [1.807, 2.05) is 18.7 Å². The molecule has 0 saturated heterocycles. The van der Waals surface area contributed by atoms with Gasteiger partial charge in [0.25, 0.3) is 0 Å². The van der Waals surface area contributed by atoms with Crippen molar-refractivity contribution in [3.05, 3.63) is 23.2 Å². The molecular weight excluding hydrogens is 226 g/mol. The van der Waals surface area contributed by atoms with E-state index in [-0.39, 0.29) is 18.5 Å². The second-order valence-corrected chi connectivity index (χ2v) is 4.33. The van der Waals surface area contributed by atoms with Crippen LogP contribution in [0.25, 0.3) is 0 Å². The Morgan fingerprint density at radius 1 is 1.50 bits per heavy atom. The van der Waals surface area contributed by atoms with Gasteiger partial charge in [0.2, 0.25) is 5.91 Å². The number of rotatable bonds is 4. The number of carbonyl (C=O) groups excluding carboxylic acids is 1. The average Bonchev–Trinajstić information content (AvgIpc) is 2.14. The molecule has 88 valence electrons. The molecule has 0 fully saturated rings. The van der Waals surface area contributed by atoms with Crippen molar-refractivity contribution in [2.24, 2.45) is 5.73 Å². The SMILES string of the molecule is CC(C)N(CC(N)=O)c1ccc(Cl)cc1N. The second kappa shape index (κ2) is 5.07. The lowest BCUT2D eigenvalue weighted by Gasteiger charge is -2.28.